The molecule has 160 valence electrons. The lowest BCUT2D eigenvalue weighted by Crippen LogP contribution is -2.61. The Labute approximate surface area is 167 Å². The van der Waals surface area contributed by atoms with E-state index in [2.05, 4.69) is 12.2 Å². The number of rotatable bonds is 12. The summed E-state index contributed by atoms with van der Waals surface area (Å²) in [5.74, 6) is -2.41. The minimum absolute atomic E-state index is 0.361. The minimum Gasteiger partial charge on any atom is -0.475 e. The number of likely N-dealkylation sites (N-methyl/N-ethyl adjacent to an activating group) is 1. The van der Waals surface area contributed by atoms with Gasteiger partial charge in [0.1, 0.15) is 0 Å². The molecule has 3 atom stereocenters. The maximum absolute atomic E-state index is 12.8. The van der Waals surface area contributed by atoms with Gasteiger partial charge < -0.3 is 25.8 Å². The fourth-order valence-corrected chi connectivity index (χ4v) is 3.27. The van der Waals surface area contributed by atoms with Crippen molar-refractivity contribution in [2.45, 2.75) is 83.4 Å². The Balaban J connectivity index is 2.56. The lowest BCUT2D eigenvalue weighted by molar-refractivity contribution is -0.148. The fraction of sp³-hybridized carbons (Fsp3) is 0.750. The van der Waals surface area contributed by atoms with Crippen LogP contribution in [0.15, 0.2) is 11.8 Å². The number of carbonyl (C=O) groups is 3. The van der Waals surface area contributed by atoms with Crippen LogP contribution in [0.25, 0.3) is 0 Å². The van der Waals surface area contributed by atoms with E-state index >= 15 is 0 Å². The molecule has 0 fully saturated rings. The summed E-state index contributed by atoms with van der Waals surface area (Å²) in [6, 6.07) is -1.64. The summed E-state index contributed by atoms with van der Waals surface area (Å²) >= 11 is 0. The predicted octanol–water partition coefficient (Wildman–Crippen LogP) is 1.78. The molecule has 0 radical (unpaired) electrons. The van der Waals surface area contributed by atoms with Crippen LogP contribution in [0, 0.1) is 0 Å². The quantitative estimate of drug-likeness (QED) is 0.432. The number of aliphatic carboxylic acids is 1. The second kappa shape index (κ2) is 12.4. The highest BCUT2D eigenvalue weighted by atomic mass is 16.5. The van der Waals surface area contributed by atoms with Crippen LogP contribution in [0.1, 0.15) is 65.2 Å². The first-order valence-corrected chi connectivity index (χ1v) is 10.2. The van der Waals surface area contributed by atoms with Crippen molar-refractivity contribution in [2.24, 2.45) is 5.73 Å². The molecule has 1 aliphatic rings. The number of carboxylic acids is 1. The number of nitrogens with two attached hydrogens (primary N) is 1. The smallest absolute Gasteiger partial charge is 0.370 e. The minimum atomic E-state index is -1.29. The van der Waals surface area contributed by atoms with Gasteiger partial charge in [-0.05, 0) is 12.5 Å². The van der Waals surface area contributed by atoms with Gasteiger partial charge >= 0.3 is 5.97 Å². The van der Waals surface area contributed by atoms with Crippen molar-refractivity contribution in [2.75, 3.05) is 13.6 Å². The van der Waals surface area contributed by atoms with E-state index in [1.54, 1.807) is 7.05 Å². The third-order valence-corrected chi connectivity index (χ3v) is 4.89. The van der Waals surface area contributed by atoms with Gasteiger partial charge in [-0.2, -0.15) is 0 Å². The summed E-state index contributed by atoms with van der Waals surface area (Å²) in [6.07, 6.45) is 9.33. The maximum atomic E-state index is 12.8. The van der Waals surface area contributed by atoms with Gasteiger partial charge in [-0.1, -0.05) is 51.9 Å². The number of ether oxygens (including phenoxy) is 1. The monoisotopic (exact) mass is 397 g/mol. The van der Waals surface area contributed by atoms with Crippen molar-refractivity contribution in [3.8, 4) is 0 Å². The van der Waals surface area contributed by atoms with Gasteiger partial charge in [0.15, 0.2) is 6.10 Å². The highest BCUT2D eigenvalue weighted by molar-refractivity contribution is 5.88. The largest absolute Gasteiger partial charge is 0.475 e. The number of carbonyl (C=O) groups excluding carboxylic acids is 2. The van der Waals surface area contributed by atoms with Crippen molar-refractivity contribution in [3.63, 3.8) is 0 Å². The van der Waals surface area contributed by atoms with Crippen LogP contribution in [0.3, 0.4) is 0 Å². The number of amides is 2. The predicted molar refractivity (Wildman–Crippen MR) is 106 cm³/mol. The van der Waals surface area contributed by atoms with E-state index < -0.39 is 24.2 Å². The van der Waals surface area contributed by atoms with Crippen LogP contribution >= 0.6 is 0 Å². The molecule has 28 heavy (non-hydrogen) atoms. The molecule has 1 heterocycles. The number of hydrogen-bond acceptors (Lipinski definition) is 5. The molecule has 0 aromatic carbocycles. The Hall–Kier alpha value is -2.09. The van der Waals surface area contributed by atoms with Crippen LogP contribution in [0.5, 0.6) is 0 Å². The Morgan fingerprint density at radius 1 is 1.14 bits per heavy atom. The summed E-state index contributed by atoms with van der Waals surface area (Å²) in [5.41, 5.74) is 5.97. The van der Waals surface area contributed by atoms with Crippen LogP contribution < -0.4 is 11.1 Å². The molecule has 0 bridgehead atoms. The van der Waals surface area contributed by atoms with E-state index in [1.165, 1.54) is 50.0 Å². The first-order valence-electron chi connectivity index (χ1n) is 10.2. The molecule has 8 nitrogen and oxygen atoms in total. The zero-order chi connectivity index (χ0) is 21.1. The third-order valence-electron chi connectivity index (χ3n) is 4.89. The molecular formula is C20H35N3O5. The number of unbranched alkanes of at least 4 members (excludes halogenated alkanes) is 7. The van der Waals surface area contributed by atoms with Crippen molar-refractivity contribution < 1.29 is 24.2 Å². The first-order chi connectivity index (χ1) is 13.3. The topological polar surface area (TPSA) is 122 Å². The third kappa shape index (κ3) is 7.88. The highest BCUT2D eigenvalue weighted by Crippen LogP contribution is 2.20. The van der Waals surface area contributed by atoms with Gasteiger partial charge in [-0.3, -0.25) is 9.59 Å². The van der Waals surface area contributed by atoms with E-state index in [0.717, 1.165) is 19.3 Å². The molecule has 2 amide bonds. The first kappa shape index (κ1) is 23.9. The molecule has 0 saturated carbocycles. The van der Waals surface area contributed by atoms with Gasteiger partial charge in [0.25, 0.3) is 5.91 Å². The normalized spacial score (nSPS) is 21.4. The number of nitrogens with one attached hydrogen (secondary N) is 1. The molecule has 4 N–H and O–H groups in total. The second-order valence-corrected chi connectivity index (χ2v) is 7.41. The lowest BCUT2D eigenvalue weighted by atomic mass is 9.97. The van der Waals surface area contributed by atoms with E-state index in [4.69, 9.17) is 10.5 Å². The summed E-state index contributed by atoms with van der Waals surface area (Å²) < 4.78 is 5.37. The van der Waals surface area contributed by atoms with E-state index in [9.17, 15) is 19.5 Å². The van der Waals surface area contributed by atoms with Crippen LogP contribution in [0.4, 0.5) is 0 Å². The van der Waals surface area contributed by atoms with E-state index in [-0.39, 0.29) is 17.6 Å². The molecule has 1 aliphatic heterocycles. The molecule has 0 unspecified atom stereocenters. The average molecular weight is 398 g/mol. The number of nitrogens with zero attached hydrogens (tertiary/aromatic N) is 1. The Kier molecular flexibility index (Phi) is 10.6. The Morgan fingerprint density at radius 2 is 1.71 bits per heavy atom. The zero-order valence-corrected chi connectivity index (χ0v) is 17.3. The van der Waals surface area contributed by atoms with Crippen molar-refractivity contribution in [3.05, 3.63) is 11.8 Å². The van der Waals surface area contributed by atoms with E-state index in [1.807, 2.05) is 0 Å². The Bertz CT molecular complexity index is 564. The Morgan fingerprint density at radius 3 is 2.25 bits per heavy atom. The van der Waals surface area contributed by atoms with Gasteiger partial charge in [0, 0.05) is 20.5 Å². The number of carboxylic acid groups (broad SMARTS) is 1. The SMILES string of the molecule is CCCCCCCCCCN(C)C(=O)[C@@H]1OC(C(=O)O)=C[C@H](N)[C@H]1NC(C)=O. The van der Waals surface area contributed by atoms with Crippen LogP contribution in [0.2, 0.25) is 0 Å². The molecule has 0 aromatic rings. The lowest BCUT2D eigenvalue weighted by Gasteiger charge is -2.36. The van der Waals surface area contributed by atoms with Gasteiger partial charge in [-0.25, -0.2) is 4.79 Å². The van der Waals surface area contributed by atoms with Gasteiger partial charge in [-0.15, -0.1) is 0 Å². The van der Waals surface area contributed by atoms with Crippen molar-refractivity contribution >= 4 is 17.8 Å². The highest BCUT2D eigenvalue weighted by Gasteiger charge is 2.41. The number of hydrogen-bond donors (Lipinski definition) is 3. The summed E-state index contributed by atoms with van der Waals surface area (Å²) in [5, 5.41) is 11.8. The van der Waals surface area contributed by atoms with E-state index in [0.29, 0.717) is 6.54 Å². The molecule has 0 aromatic heterocycles. The molecular weight excluding hydrogens is 362 g/mol. The van der Waals surface area contributed by atoms with Crippen molar-refractivity contribution in [1.82, 2.24) is 10.2 Å². The second-order valence-electron chi connectivity index (χ2n) is 7.41. The maximum Gasteiger partial charge on any atom is 0.370 e. The summed E-state index contributed by atoms with van der Waals surface area (Å²) in [4.78, 5) is 37.0. The fourth-order valence-electron chi connectivity index (χ4n) is 3.27. The summed E-state index contributed by atoms with van der Waals surface area (Å²) in [7, 11) is 1.65. The van der Waals surface area contributed by atoms with Crippen molar-refractivity contribution in [1.29, 1.82) is 0 Å². The van der Waals surface area contributed by atoms with Gasteiger partial charge in [0.2, 0.25) is 11.7 Å². The molecule has 8 heteroatoms. The zero-order valence-electron chi connectivity index (χ0n) is 17.3. The van der Waals surface area contributed by atoms with Crippen LogP contribution in [-0.2, 0) is 19.1 Å². The summed E-state index contributed by atoms with van der Waals surface area (Å²) in [6.45, 7) is 4.05. The standard InChI is InChI=1S/C20H35N3O5/c1-4-5-6-7-8-9-10-11-12-23(3)19(25)18-17(22-14(2)24)15(21)13-16(28-18)20(26)27/h13,15,17-18H,4-12,21H2,1-3H3,(H,22,24)(H,26,27)/t15-,17+,18+/m0/s1. The molecule has 0 spiro atoms. The van der Waals surface area contributed by atoms with Crippen LogP contribution in [-0.4, -0.2) is 59.6 Å². The molecule has 1 rings (SSSR count). The molecule has 0 saturated heterocycles. The van der Waals surface area contributed by atoms with Gasteiger partial charge in [0.05, 0.1) is 12.1 Å². The average Bonchev–Trinajstić information content (AvgIpc) is 2.64. The molecule has 0 aliphatic carbocycles.